The van der Waals surface area contributed by atoms with Gasteiger partial charge >= 0.3 is 11.6 Å². The molecule has 1 aromatic carbocycles. The molecule has 2 amide bonds. The van der Waals surface area contributed by atoms with Gasteiger partial charge in [0, 0.05) is 13.6 Å². The fourth-order valence-corrected chi connectivity index (χ4v) is 2.66. The van der Waals surface area contributed by atoms with E-state index in [4.69, 9.17) is 0 Å². The average Bonchev–Trinajstić information content (AvgIpc) is 2.77. The molecule has 0 spiro atoms. The summed E-state index contributed by atoms with van der Waals surface area (Å²) in [4.78, 5) is 42.4. The topological polar surface area (TPSA) is 105 Å². The van der Waals surface area contributed by atoms with Crippen LogP contribution < -0.4 is 10.9 Å². The first kappa shape index (κ1) is 16.7. The van der Waals surface area contributed by atoms with Crippen LogP contribution in [0.15, 0.2) is 35.1 Å². The Morgan fingerprint density at radius 3 is 2.52 bits per heavy atom. The highest BCUT2D eigenvalue weighted by molar-refractivity contribution is 5.95. The fraction of sp³-hybridized carbons (Fsp3) is 0.294. The predicted molar refractivity (Wildman–Crippen MR) is 89.4 cm³/mol. The number of fused-ring (bicyclic) bond motifs is 1. The van der Waals surface area contributed by atoms with Crippen molar-refractivity contribution >= 4 is 11.9 Å². The molecule has 2 N–H and O–H groups in total. The lowest BCUT2D eigenvalue weighted by molar-refractivity contribution is 0.0941. The first-order valence-corrected chi connectivity index (χ1v) is 7.72. The van der Waals surface area contributed by atoms with E-state index in [1.54, 1.807) is 13.8 Å². The third-order valence-electron chi connectivity index (χ3n) is 4.43. The molecule has 2 aromatic rings. The van der Waals surface area contributed by atoms with Crippen LogP contribution in [-0.4, -0.2) is 38.5 Å². The number of carbonyl (C=O) groups excluding carboxylic acids is 2. The largest absolute Gasteiger partial charge is 0.501 e. The summed E-state index contributed by atoms with van der Waals surface area (Å²) < 4.78 is 0.795. The minimum Gasteiger partial charge on any atom is -0.501 e. The second kappa shape index (κ2) is 5.73. The zero-order valence-electron chi connectivity index (χ0n) is 14.1. The number of rotatable bonds is 3. The van der Waals surface area contributed by atoms with Gasteiger partial charge in [-0.05, 0) is 19.4 Å². The van der Waals surface area contributed by atoms with Gasteiger partial charge in [-0.25, -0.2) is 14.3 Å². The molecule has 0 aliphatic carbocycles. The molecule has 130 valence electrons. The Kier molecular flexibility index (Phi) is 3.82. The zero-order valence-corrected chi connectivity index (χ0v) is 14.1. The van der Waals surface area contributed by atoms with E-state index in [-0.39, 0.29) is 18.1 Å². The first-order chi connectivity index (χ1) is 11.7. The van der Waals surface area contributed by atoms with E-state index in [9.17, 15) is 19.5 Å². The van der Waals surface area contributed by atoms with Gasteiger partial charge < -0.3 is 15.3 Å². The van der Waals surface area contributed by atoms with Gasteiger partial charge in [-0.1, -0.05) is 30.3 Å². The van der Waals surface area contributed by atoms with E-state index < -0.39 is 28.8 Å². The molecule has 0 unspecified atom stereocenters. The fourth-order valence-electron chi connectivity index (χ4n) is 2.66. The normalized spacial score (nSPS) is 15.2. The summed E-state index contributed by atoms with van der Waals surface area (Å²) in [5.41, 5.74) is -1.35. The van der Waals surface area contributed by atoms with E-state index in [1.807, 2.05) is 30.3 Å². The molecule has 0 fully saturated rings. The van der Waals surface area contributed by atoms with Gasteiger partial charge in [0.25, 0.3) is 5.91 Å². The van der Waals surface area contributed by atoms with Crippen molar-refractivity contribution in [2.75, 3.05) is 7.05 Å². The lowest BCUT2D eigenvalue weighted by Crippen LogP contribution is -2.36. The second-order valence-corrected chi connectivity index (χ2v) is 6.34. The molecule has 1 aliphatic rings. The van der Waals surface area contributed by atoms with Gasteiger partial charge in [0.05, 0.1) is 5.54 Å². The molecule has 8 nitrogen and oxygen atoms in total. The summed E-state index contributed by atoms with van der Waals surface area (Å²) in [7, 11) is 1.53. The maximum absolute atomic E-state index is 12.4. The smallest absolute Gasteiger partial charge is 0.333 e. The Bertz CT molecular complexity index is 918. The van der Waals surface area contributed by atoms with Crippen LogP contribution in [0.4, 0.5) is 4.79 Å². The molecule has 8 heteroatoms. The van der Waals surface area contributed by atoms with Crippen molar-refractivity contribution in [1.29, 1.82) is 0 Å². The number of amides is 2. The number of aromatic nitrogens is 2. The van der Waals surface area contributed by atoms with Crippen LogP contribution in [0.3, 0.4) is 0 Å². The van der Waals surface area contributed by atoms with E-state index >= 15 is 0 Å². The molecule has 0 atom stereocenters. The molecule has 0 saturated carbocycles. The number of carbonyl (C=O) groups is 2. The summed E-state index contributed by atoms with van der Waals surface area (Å²) >= 11 is 0. The number of nitrogens with one attached hydrogen (secondary N) is 1. The van der Waals surface area contributed by atoms with Gasteiger partial charge in [-0.2, -0.15) is 0 Å². The Hall–Kier alpha value is -3.16. The molecular weight excluding hydrogens is 324 g/mol. The second-order valence-electron chi connectivity index (χ2n) is 6.34. The SMILES string of the molecule is CN1C(=O)n2c(nc(C(=O)NCc3ccccc3)c(O)c2=O)C1(C)C. The van der Waals surface area contributed by atoms with Crippen molar-refractivity contribution in [3.8, 4) is 5.75 Å². The quantitative estimate of drug-likeness (QED) is 0.867. The highest BCUT2D eigenvalue weighted by Gasteiger charge is 2.44. The number of hydrogen-bond donors (Lipinski definition) is 2. The minimum absolute atomic E-state index is 0.118. The van der Waals surface area contributed by atoms with Gasteiger partial charge in [0.2, 0.25) is 5.75 Å². The van der Waals surface area contributed by atoms with Crippen LogP contribution in [0, 0.1) is 0 Å². The summed E-state index contributed by atoms with van der Waals surface area (Å²) in [6.45, 7) is 3.64. The number of nitrogens with zero attached hydrogens (tertiary/aromatic N) is 3. The standard InChI is InChI=1S/C17H18N4O4/c1-17(2)15-19-11(12(22)14(24)21(15)16(25)20(17)3)13(23)18-9-10-7-5-4-6-8-10/h4-8,22H,9H2,1-3H3,(H,18,23). The molecule has 0 saturated heterocycles. The highest BCUT2D eigenvalue weighted by atomic mass is 16.3. The lowest BCUT2D eigenvalue weighted by Gasteiger charge is -2.25. The molecule has 0 bridgehead atoms. The van der Waals surface area contributed by atoms with Crippen molar-refractivity contribution in [2.45, 2.75) is 25.9 Å². The molecule has 3 rings (SSSR count). The van der Waals surface area contributed by atoms with E-state index in [2.05, 4.69) is 10.3 Å². The Balaban J connectivity index is 1.97. The Morgan fingerprint density at radius 1 is 1.24 bits per heavy atom. The van der Waals surface area contributed by atoms with Gasteiger partial charge in [-0.3, -0.25) is 9.59 Å². The third-order valence-corrected chi connectivity index (χ3v) is 4.43. The number of benzene rings is 1. The molecule has 0 radical (unpaired) electrons. The number of aromatic hydroxyl groups is 1. The summed E-state index contributed by atoms with van der Waals surface area (Å²) in [6.07, 6.45) is 0. The van der Waals surface area contributed by atoms with Gasteiger partial charge in [-0.15, -0.1) is 0 Å². The maximum atomic E-state index is 12.4. The van der Waals surface area contributed by atoms with Gasteiger partial charge in [0.15, 0.2) is 5.69 Å². The average molecular weight is 342 g/mol. The zero-order chi connectivity index (χ0) is 18.4. The molecule has 1 aliphatic heterocycles. The Labute approximate surface area is 143 Å². The van der Waals surface area contributed by atoms with Crippen LogP contribution in [-0.2, 0) is 12.1 Å². The molecule has 2 heterocycles. The van der Waals surface area contributed by atoms with Crippen molar-refractivity contribution in [2.24, 2.45) is 0 Å². The van der Waals surface area contributed by atoms with Crippen molar-refractivity contribution in [3.05, 3.63) is 57.8 Å². The highest BCUT2D eigenvalue weighted by Crippen LogP contribution is 2.31. The third kappa shape index (κ3) is 2.55. The van der Waals surface area contributed by atoms with Gasteiger partial charge in [0.1, 0.15) is 5.82 Å². The summed E-state index contributed by atoms with van der Waals surface area (Å²) in [5.74, 6) is -1.40. The van der Waals surface area contributed by atoms with E-state index in [0.29, 0.717) is 0 Å². The van der Waals surface area contributed by atoms with Crippen molar-refractivity contribution < 1.29 is 14.7 Å². The predicted octanol–water partition coefficient (Wildman–Crippen LogP) is 1.03. The van der Waals surface area contributed by atoms with Crippen molar-refractivity contribution in [1.82, 2.24) is 19.8 Å². The first-order valence-electron chi connectivity index (χ1n) is 7.72. The van der Waals surface area contributed by atoms with Crippen LogP contribution in [0.2, 0.25) is 0 Å². The minimum atomic E-state index is -0.947. The van der Waals surface area contributed by atoms with Crippen LogP contribution in [0.25, 0.3) is 0 Å². The van der Waals surface area contributed by atoms with E-state index in [0.717, 1.165) is 10.1 Å². The van der Waals surface area contributed by atoms with Crippen LogP contribution in [0.5, 0.6) is 5.75 Å². The molecular formula is C17H18N4O4. The lowest BCUT2D eigenvalue weighted by atomic mass is 10.0. The summed E-state index contributed by atoms with van der Waals surface area (Å²) in [6, 6.07) is 8.61. The molecule has 25 heavy (non-hydrogen) atoms. The van der Waals surface area contributed by atoms with E-state index in [1.165, 1.54) is 11.9 Å². The summed E-state index contributed by atoms with van der Waals surface area (Å²) in [5, 5.41) is 12.7. The van der Waals surface area contributed by atoms with Crippen LogP contribution in [0.1, 0.15) is 35.7 Å². The Morgan fingerprint density at radius 2 is 1.88 bits per heavy atom. The number of hydrogen-bond acceptors (Lipinski definition) is 5. The maximum Gasteiger partial charge on any atom is 0.333 e. The van der Waals surface area contributed by atoms with Crippen molar-refractivity contribution in [3.63, 3.8) is 0 Å². The monoisotopic (exact) mass is 342 g/mol. The molecule has 1 aromatic heterocycles. The van der Waals surface area contributed by atoms with Crippen LogP contribution >= 0.6 is 0 Å².